The molecular formula is C14H17F3N2O3. The number of hydrogen-bond donors (Lipinski definition) is 1. The predicted molar refractivity (Wildman–Crippen MR) is 72.7 cm³/mol. The van der Waals surface area contributed by atoms with Gasteiger partial charge in [0.1, 0.15) is 0 Å². The van der Waals surface area contributed by atoms with Crippen LogP contribution in [0.5, 0.6) is 11.5 Å². The Hall–Kier alpha value is -1.96. The minimum absolute atomic E-state index is 0.0358. The Morgan fingerprint density at radius 3 is 2.45 bits per heavy atom. The third-order valence-electron chi connectivity index (χ3n) is 3.17. The van der Waals surface area contributed by atoms with Gasteiger partial charge in [0.15, 0.2) is 24.7 Å². The highest BCUT2D eigenvalue weighted by Crippen LogP contribution is 2.28. The Balaban J connectivity index is 1.91. The highest BCUT2D eigenvalue weighted by molar-refractivity contribution is 5.78. The third kappa shape index (κ3) is 4.80. The fourth-order valence-corrected chi connectivity index (χ4v) is 2.09. The number of rotatable bonds is 5. The molecule has 2 N–H and O–H groups in total. The molecule has 1 aromatic carbocycles. The Morgan fingerprint density at radius 1 is 1.27 bits per heavy atom. The van der Waals surface area contributed by atoms with Crippen molar-refractivity contribution < 1.29 is 27.4 Å². The molecule has 1 aromatic rings. The van der Waals surface area contributed by atoms with Gasteiger partial charge in [-0.3, -0.25) is 4.79 Å². The summed E-state index contributed by atoms with van der Waals surface area (Å²) in [6, 6.07) is 5.89. The van der Waals surface area contributed by atoms with Crippen LogP contribution in [-0.4, -0.2) is 49.3 Å². The zero-order chi connectivity index (χ0) is 16.2. The smallest absolute Gasteiger partial charge is 0.422 e. The van der Waals surface area contributed by atoms with Crippen molar-refractivity contribution in [3.63, 3.8) is 0 Å². The first-order chi connectivity index (χ1) is 10.3. The van der Waals surface area contributed by atoms with E-state index in [0.717, 1.165) is 6.42 Å². The van der Waals surface area contributed by atoms with E-state index in [9.17, 15) is 18.0 Å². The summed E-state index contributed by atoms with van der Waals surface area (Å²) in [7, 11) is 0. The van der Waals surface area contributed by atoms with Gasteiger partial charge >= 0.3 is 6.18 Å². The molecule has 1 amide bonds. The average molecular weight is 318 g/mol. The summed E-state index contributed by atoms with van der Waals surface area (Å²) in [5.41, 5.74) is 5.71. The molecule has 0 spiro atoms. The summed E-state index contributed by atoms with van der Waals surface area (Å²) in [5, 5.41) is 0. The van der Waals surface area contributed by atoms with Crippen molar-refractivity contribution in [3.05, 3.63) is 24.3 Å². The van der Waals surface area contributed by atoms with E-state index in [1.54, 1.807) is 11.0 Å². The lowest BCUT2D eigenvalue weighted by Gasteiger charge is -2.17. The molecule has 1 heterocycles. The number of nitrogens with zero attached hydrogens (tertiary/aromatic N) is 1. The highest BCUT2D eigenvalue weighted by Gasteiger charge is 2.29. The fraction of sp³-hybridized carbons (Fsp3) is 0.500. The number of carbonyl (C=O) groups excluding carboxylic acids is 1. The first kappa shape index (κ1) is 16.4. The molecule has 1 saturated heterocycles. The van der Waals surface area contributed by atoms with Crippen LogP contribution >= 0.6 is 0 Å². The van der Waals surface area contributed by atoms with Crippen LogP contribution in [0.1, 0.15) is 6.42 Å². The van der Waals surface area contributed by atoms with Crippen LogP contribution in [-0.2, 0) is 4.79 Å². The van der Waals surface area contributed by atoms with Gasteiger partial charge in [-0.2, -0.15) is 13.2 Å². The molecule has 0 aliphatic carbocycles. The summed E-state index contributed by atoms with van der Waals surface area (Å²) in [4.78, 5) is 13.5. The van der Waals surface area contributed by atoms with Crippen molar-refractivity contribution in [2.45, 2.75) is 18.6 Å². The van der Waals surface area contributed by atoms with Crippen LogP contribution in [0.4, 0.5) is 13.2 Å². The Bertz CT molecular complexity index is 522. The van der Waals surface area contributed by atoms with Gasteiger partial charge in [0.25, 0.3) is 5.91 Å². The Morgan fingerprint density at radius 2 is 1.91 bits per heavy atom. The number of para-hydroxylation sites is 2. The van der Waals surface area contributed by atoms with E-state index in [2.05, 4.69) is 4.74 Å². The van der Waals surface area contributed by atoms with Crippen molar-refractivity contribution in [3.8, 4) is 11.5 Å². The van der Waals surface area contributed by atoms with Crippen molar-refractivity contribution in [1.82, 2.24) is 4.90 Å². The highest BCUT2D eigenvalue weighted by atomic mass is 19.4. The molecule has 0 radical (unpaired) electrons. The van der Waals surface area contributed by atoms with Crippen LogP contribution in [0.25, 0.3) is 0 Å². The molecule has 1 atom stereocenters. The quantitative estimate of drug-likeness (QED) is 0.895. The molecule has 1 fully saturated rings. The van der Waals surface area contributed by atoms with Crippen LogP contribution in [0.3, 0.4) is 0 Å². The second kappa shape index (κ2) is 6.87. The monoisotopic (exact) mass is 318 g/mol. The van der Waals surface area contributed by atoms with Gasteiger partial charge in [0.05, 0.1) is 0 Å². The largest absolute Gasteiger partial charge is 0.480 e. The van der Waals surface area contributed by atoms with Crippen molar-refractivity contribution in [2.24, 2.45) is 5.73 Å². The van der Waals surface area contributed by atoms with E-state index >= 15 is 0 Å². The molecule has 0 saturated carbocycles. The number of nitrogens with two attached hydrogens (primary N) is 1. The molecule has 2 rings (SSSR count). The summed E-state index contributed by atoms with van der Waals surface area (Å²) < 4.78 is 46.5. The van der Waals surface area contributed by atoms with Gasteiger partial charge in [-0.15, -0.1) is 0 Å². The van der Waals surface area contributed by atoms with Gasteiger partial charge < -0.3 is 20.1 Å². The number of ether oxygens (including phenoxy) is 2. The number of amides is 1. The normalized spacial score (nSPS) is 18.4. The lowest BCUT2D eigenvalue weighted by molar-refractivity contribution is -0.153. The summed E-state index contributed by atoms with van der Waals surface area (Å²) in [6.07, 6.45) is -3.70. The zero-order valence-electron chi connectivity index (χ0n) is 11.8. The second-order valence-corrected chi connectivity index (χ2v) is 5.03. The molecule has 8 heteroatoms. The van der Waals surface area contributed by atoms with E-state index < -0.39 is 12.8 Å². The maximum absolute atomic E-state index is 12.2. The molecule has 122 valence electrons. The molecule has 5 nitrogen and oxygen atoms in total. The fourth-order valence-electron chi connectivity index (χ4n) is 2.09. The molecule has 0 bridgehead atoms. The second-order valence-electron chi connectivity index (χ2n) is 5.03. The first-order valence-corrected chi connectivity index (χ1v) is 6.80. The van der Waals surface area contributed by atoms with Crippen LogP contribution in [0.15, 0.2) is 24.3 Å². The van der Waals surface area contributed by atoms with Crippen molar-refractivity contribution in [1.29, 1.82) is 0 Å². The minimum Gasteiger partial charge on any atom is -0.480 e. The lowest BCUT2D eigenvalue weighted by atomic mass is 10.3. The summed E-state index contributed by atoms with van der Waals surface area (Å²) >= 11 is 0. The standard InChI is InChI=1S/C14H17F3N2O3/c15-14(16,17)9-22-12-4-2-1-3-11(12)21-8-13(20)19-6-5-10(18)7-19/h1-4,10H,5-9,18H2/t10-/m0/s1. The van der Waals surface area contributed by atoms with Crippen LogP contribution in [0.2, 0.25) is 0 Å². The molecule has 1 aliphatic rings. The van der Waals surface area contributed by atoms with Gasteiger partial charge in [-0.25, -0.2) is 0 Å². The molecular weight excluding hydrogens is 301 g/mol. The zero-order valence-corrected chi connectivity index (χ0v) is 11.8. The van der Waals surface area contributed by atoms with E-state index in [0.29, 0.717) is 13.1 Å². The maximum atomic E-state index is 12.2. The van der Waals surface area contributed by atoms with Crippen LogP contribution in [0, 0.1) is 0 Å². The van der Waals surface area contributed by atoms with Crippen molar-refractivity contribution in [2.75, 3.05) is 26.3 Å². The number of alkyl halides is 3. The van der Waals surface area contributed by atoms with E-state index in [1.165, 1.54) is 18.2 Å². The third-order valence-corrected chi connectivity index (χ3v) is 3.17. The molecule has 0 unspecified atom stereocenters. The first-order valence-electron chi connectivity index (χ1n) is 6.80. The summed E-state index contributed by atoms with van der Waals surface area (Å²) in [6.45, 7) is -0.647. The molecule has 22 heavy (non-hydrogen) atoms. The maximum Gasteiger partial charge on any atom is 0.422 e. The number of benzene rings is 1. The van der Waals surface area contributed by atoms with Gasteiger partial charge in [0.2, 0.25) is 0 Å². The summed E-state index contributed by atoms with van der Waals surface area (Å²) in [5.74, 6) is -0.201. The average Bonchev–Trinajstić information content (AvgIpc) is 2.89. The number of carbonyl (C=O) groups is 1. The van der Waals surface area contributed by atoms with E-state index in [-0.39, 0.29) is 30.1 Å². The SMILES string of the molecule is N[C@H]1CCN(C(=O)COc2ccccc2OCC(F)(F)F)C1. The predicted octanol–water partition coefficient (Wildman–Crippen LogP) is 1.57. The molecule has 0 aromatic heterocycles. The Labute approximate surface area is 125 Å². The van der Waals surface area contributed by atoms with Crippen LogP contribution < -0.4 is 15.2 Å². The van der Waals surface area contributed by atoms with Gasteiger partial charge in [-0.1, -0.05) is 12.1 Å². The van der Waals surface area contributed by atoms with Gasteiger partial charge in [0, 0.05) is 19.1 Å². The molecule has 1 aliphatic heterocycles. The van der Waals surface area contributed by atoms with E-state index in [4.69, 9.17) is 10.5 Å². The van der Waals surface area contributed by atoms with Gasteiger partial charge in [-0.05, 0) is 18.6 Å². The van der Waals surface area contributed by atoms with E-state index in [1.807, 2.05) is 0 Å². The Kier molecular flexibility index (Phi) is 5.12. The number of likely N-dealkylation sites (tertiary alicyclic amines) is 1. The topological polar surface area (TPSA) is 64.8 Å². The van der Waals surface area contributed by atoms with Crippen molar-refractivity contribution >= 4 is 5.91 Å². The number of hydrogen-bond acceptors (Lipinski definition) is 4. The lowest BCUT2D eigenvalue weighted by Crippen LogP contribution is -2.35. The number of halogens is 3. The minimum atomic E-state index is -4.44.